The van der Waals surface area contributed by atoms with Gasteiger partial charge in [0.1, 0.15) is 0 Å². The Morgan fingerprint density at radius 3 is 2.48 bits per heavy atom. The van der Waals surface area contributed by atoms with Crippen molar-refractivity contribution < 1.29 is 19.7 Å². The molecule has 0 aliphatic rings. The molecular formula is C16H21NO4. The average molecular weight is 291 g/mol. The van der Waals surface area contributed by atoms with Crippen LogP contribution in [0.3, 0.4) is 0 Å². The Morgan fingerprint density at radius 1 is 1.19 bits per heavy atom. The van der Waals surface area contributed by atoms with Crippen LogP contribution in [0.5, 0.6) is 0 Å². The largest absolute Gasteiger partial charge is 0.395 e. The van der Waals surface area contributed by atoms with E-state index in [0.717, 1.165) is 5.56 Å². The van der Waals surface area contributed by atoms with Crippen LogP contribution in [0.25, 0.3) is 0 Å². The summed E-state index contributed by atoms with van der Waals surface area (Å²) in [5.74, 6) is 5.59. The topological polar surface area (TPSA) is 70.0 Å². The predicted octanol–water partition coefficient (Wildman–Crippen LogP) is 0.501. The summed E-state index contributed by atoms with van der Waals surface area (Å²) in [4.78, 5) is 13.9. The third-order valence-electron chi connectivity index (χ3n) is 2.82. The highest BCUT2D eigenvalue weighted by Gasteiger charge is 2.14. The molecule has 0 fully saturated rings. The number of amides is 1. The molecule has 0 saturated carbocycles. The Balaban J connectivity index is 2.74. The van der Waals surface area contributed by atoms with Gasteiger partial charge in [0.2, 0.25) is 0 Å². The summed E-state index contributed by atoms with van der Waals surface area (Å²) in [7, 11) is 1.57. The second kappa shape index (κ2) is 9.94. The van der Waals surface area contributed by atoms with Gasteiger partial charge in [-0.1, -0.05) is 11.8 Å². The van der Waals surface area contributed by atoms with Gasteiger partial charge in [-0.25, -0.2) is 0 Å². The number of rotatable bonds is 7. The first-order chi connectivity index (χ1) is 10.2. The smallest absolute Gasteiger partial charge is 0.254 e. The lowest BCUT2D eigenvalue weighted by Gasteiger charge is -2.21. The van der Waals surface area contributed by atoms with Gasteiger partial charge in [-0.15, -0.1) is 0 Å². The minimum atomic E-state index is -0.143. The van der Waals surface area contributed by atoms with Gasteiger partial charge in [-0.3, -0.25) is 4.79 Å². The number of benzene rings is 1. The molecule has 0 bridgehead atoms. The lowest BCUT2D eigenvalue weighted by molar-refractivity contribution is 0.0656. The zero-order valence-electron chi connectivity index (χ0n) is 12.2. The van der Waals surface area contributed by atoms with Gasteiger partial charge in [-0.05, 0) is 24.3 Å². The van der Waals surface area contributed by atoms with Crippen molar-refractivity contribution in [1.82, 2.24) is 4.90 Å². The molecule has 114 valence electrons. The Morgan fingerprint density at radius 2 is 1.90 bits per heavy atom. The van der Waals surface area contributed by atoms with Gasteiger partial charge in [0.15, 0.2) is 0 Å². The number of aliphatic hydroxyl groups is 2. The SMILES string of the molecule is COCCN(CCO)C(=O)c1ccc(C#CCCO)cc1. The Kier molecular flexibility index (Phi) is 8.14. The van der Waals surface area contributed by atoms with Crippen molar-refractivity contribution in [3.05, 3.63) is 35.4 Å². The number of carbonyl (C=O) groups is 1. The monoisotopic (exact) mass is 291 g/mol. The van der Waals surface area contributed by atoms with Crippen LogP contribution in [-0.2, 0) is 4.74 Å². The maximum atomic E-state index is 12.3. The molecule has 0 radical (unpaired) electrons. The van der Waals surface area contributed by atoms with Crippen LogP contribution in [0.1, 0.15) is 22.3 Å². The maximum absolute atomic E-state index is 12.3. The van der Waals surface area contributed by atoms with Crippen molar-refractivity contribution in [2.45, 2.75) is 6.42 Å². The Bertz CT molecular complexity index is 487. The molecule has 0 aliphatic carbocycles. The third-order valence-corrected chi connectivity index (χ3v) is 2.82. The summed E-state index contributed by atoms with van der Waals surface area (Å²) >= 11 is 0. The zero-order chi connectivity index (χ0) is 15.5. The molecule has 0 unspecified atom stereocenters. The lowest BCUT2D eigenvalue weighted by Crippen LogP contribution is -2.36. The first kappa shape index (κ1) is 17.2. The number of methoxy groups -OCH3 is 1. The van der Waals surface area contributed by atoms with E-state index in [0.29, 0.717) is 25.1 Å². The van der Waals surface area contributed by atoms with E-state index in [1.54, 1.807) is 36.3 Å². The Labute approximate surface area is 125 Å². The van der Waals surface area contributed by atoms with Gasteiger partial charge in [0.25, 0.3) is 5.91 Å². The molecule has 0 heterocycles. The number of hydrogen-bond acceptors (Lipinski definition) is 4. The van der Waals surface area contributed by atoms with Crippen molar-refractivity contribution in [1.29, 1.82) is 0 Å². The van der Waals surface area contributed by atoms with E-state index >= 15 is 0 Å². The maximum Gasteiger partial charge on any atom is 0.254 e. The number of carbonyl (C=O) groups excluding carboxylic acids is 1. The first-order valence-corrected chi connectivity index (χ1v) is 6.81. The van der Waals surface area contributed by atoms with Crippen molar-refractivity contribution in [3.63, 3.8) is 0 Å². The standard InChI is InChI=1S/C16H21NO4/c1-21-13-10-17(9-12-19)16(20)15-7-5-14(6-8-15)4-2-3-11-18/h5-8,18-19H,3,9-13H2,1H3. The van der Waals surface area contributed by atoms with Crippen LogP contribution < -0.4 is 0 Å². The van der Waals surface area contributed by atoms with Gasteiger partial charge in [-0.2, -0.15) is 0 Å². The molecule has 0 atom stereocenters. The summed E-state index contributed by atoms with van der Waals surface area (Å²) in [5.41, 5.74) is 1.35. The third kappa shape index (κ3) is 5.96. The van der Waals surface area contributed by atoms with Crippen LogP contribution in [-0.4, -0.2) is 61.0 Å². The zero-order valence-corrected chi connectivity index (χ0v) is 12.2. The fourth-order valence-electron chi connectivity index (χ4n) is 1.74. The van der Waals surface area contributed by atoms with Crippen molar-refractivity contribution in [3.8, 4) is 11.8 Å². The van der Waals surface area contributed by atoms with E-state index in [2.05, 4.69) is 11.8 Å². The summed E-state index contributed by atoms with van der Waals surface area (Å²) in [6.45, 7) is 1.10. The van der Waals surface area contributed by atoms with Gasteiger partial charge in [0.05, 0.1) is 19.8 Å². The molecule has 1 aromatic rings. The molecule has 1 aromatic carbocycles. The lowest BCUT2D eigenvalue weighted by atomic mass is 10.1. The number of aliphatic hydroxyl groups excluding tert-OH is 2. The van der Waals surface area contributed by atoms with Crippen LogP contribution in [0.4, 0.5) is 0 Å². The molecule has 0 saturated heterocycles. The highest BCUT2D eigenvalue weighted by Crippen LogP contribution is 2.07. The summed E-state index contributed by atoms with van der Waals surface area (Å²) < 4.78 is 4.96. The molecule has 2 N–H and O–H groups in total. The summed E-state index contributed by atoms with van der Waals surface area (Å²) in [6, 6.07) is 6.96. The van der Waals surface area contributed by atoms with Crippen molar-refractivity contribution in [2.24, 2.45) is 0 Å². The van der Waals surface area contributed by atoms with Crippen LogP contribution in [0.15, 0.2) is 24.3 Å². The molecule has 21 heavy (non-hydrogen) atoms. The molecule has 1 amide bonds. The van der Waals surface area contributed by atoms with E-state index in [9.17, 15) is 4.79 Å². The van der Waals surface area contributed by atoms with Gasteiger partial charge < -0.3 is 19.8 Å². The molecular weight excluding hydrogens is 270 g/mol. The van der Waals surface area contributed by atoms with Gasteiger partial charge in [0, 0.05) is 37.7 Å². The summed E-state index contributed by atoms with van der Waals surface area (Å²) in [5, 5.41) is 17.7. The highest BCUT2D eigenvalue weighted by molar-refractivity contribution is 5.94. The second-order valence-electron chi connectivity index (χ2n) is 4.36. The van der Waals surface area contributed by atoms with E-state index in [4.69, 9.17) is 14.9 Å². The second-order valence-corrected chi connectivity index (χ2v) is 4.36. The number of ether oxygens (including phenoxy) is 1. The predicted molar refractivity (Wildman–Crippen MR) is 79.9 cm³/mol. The molecule has 5 heteroatoms. The fourth-order valence-corrected chi connectivity index (χ4v) is 1.74. The van der Waals surface area contributed by atoms with Crippen molar-refractivity contribution in [2.75, 3.05) is 40.0 Å². The minimum Gasteiger partial charge on any atom is -0.395 e. The van der Waals surface area contributed by atoms with Crippen LogP contribution >= 0.6 is 0 Å². The van der Waals surface area contributed by atoms with Crippen molar-refractivity contribution >= 4 is 5.91 Å². The number of hydrogen-bond donors (Lipinski definition) is 2. The highest BCUT2D eigenvalue weighted by atomic mass is 16.5. The first-order valence-electron chi connectivity index (χ1n) is 6.81. The molecule has 1 rings (SSSR count). The van der Waals surface area contributed by atoms with Crippen LogP contribution in [0.2, 0.25) is 0 Å². The quantitative estimate of drug-likeness (QED) is 0.718. The fraction of sp³-hybridized carbons (Fsp3) is 0.438. The Hall–Kier alpha value is -1.87. The average Bonchev–Trinajstić information content (AvgIpc) is 2.52. The van der Waals surface area contributed by atoms with E-state index in [1.807, 2.05) is 0 Å². The van der Waals surface area contributed by atoms with E-state index in [1.165, 1.54) is 0 Å². The molecule has 0 aliphatic heterocycles. The summed E-state index contributed by atoms with van der Waals surface area (Å²) in [6.07, 6.45) is 0.433. The van der Waals surface area contributed by atoms with Crippen LogP contribution in [0, 0.1) is 11.8 Å². The molecule has 0 aromatic heterocycles. The minimum absolute atomic E-state index is 0.0409. The number of nitrogens with zero attached hydrogens (tertiary/aromatic N) is 1. The molecule has 5 nitrogen and oxygen atoms in total. The molecule has 0 spiro atoms. The van der Waals surface area contributed by atoms with E-state index < -0.39 is 0 Å². The van der Waals surface area contributed by atoms with E-state index in [-0.39, 0.29) is 25.7 Å². The van der Waals surface area contributed by atoms with Gasteiger partial charge >= 0.3 is 0 Å². The normalized spacial score (nSPS) is 9.86.